The minimum Gasteiger partial charge on any atom is -0.382 e. The fourth-order valence-corrected chi connectivity index (χ4v) is 2.62. The highest BCUT2D eigenvalue weighted by atomic mass is 16.5. The Kier molecular flexibility index (Phi) is 9.43. The molecular formula is C15H33N3O. The number of hydrogen-bond donors (Lipinski definition) is 1. The van der Waals surface area contributed by atoms with Crippen molar-refractivity contribution in [3.63, 3.8) is 0 Å². The average Bonchev–Trinajstić information content (AvgIpc) is 2.40. The van der Waals surface area contributed by atoms with Crippen LogP contribution in [0.4, 0.5) is 0 Å². The van der Waals surface area contributed by atoms with Gasteiger partial charge >= 0.3 is 0 Å². The van der Waals surface area contributed by atoms with Gasteiger partial charge in [0.15, 0.2) is 0 Å². The SMILES string of the molecule is CCOCCCNCCN(C)CC1CCN(C)CC1. The highest BCUT2D eigenvalue weighted by Crippen LogP contribution is 2.16. The summed E-state index contributed by atoms with van der Waals surface area (Å²) in [5.74, 6) is 0.902. The van der Waals surface area contributed by atoms with Crippen molar-refractivity contribution >= 4 is 0 Å². The molecule has 114 valence electrons. The summed E-state index contributed by atoms with van der Waals surface area (Å²) in [5.41, 5.74) is 0. The van der Waals surface area contributed by atoms with Crippen LogP contribution in [0.2, 0.25) is 0 Å². The van der Waals surface area contributed by atoms with Gasteiger partial charge in [-0.05, 0) is 65.8 Å². The Morgan fingerprint density at radius 2 is 2.00 bits per heavy atom. The summed E-state index contributed by atoms with van der Waals surface area (Å²) in [6, 6.07) is 0. The molecule has 1 saturated heterocycles. The second-order valence-electron chi connectivity index (χ2n) is 5.81. The first kappa shape index (κ1) is 16.9. The predicted octanol–water partition coefficient (Wildman–Crippen LogP) is 1.28. The van der Waals surface area contributed by atoms with E-state index in [1.807, 2.05) is 6.92 Å². The number of nitrogens with one attached hydrogen (secondary N) is 1. The lowest BCUT2D eigenvalue weighted by Crippen LogP contribution is -2.38. The lowest BCUT2D eigenvalue weighted by atomic mass is 9.97. The van der Waals surface area contributed by atoms with Crippen molar-refractivity contribution in [3.05, 3.63) is 0 Å². The molecule has 1 rings (SSSR count). The van der Waals surface area contributed by atoms with Crippen LogP contribution in [0.3, 0.4) is 0 Å². The molecule has 0 unspecified atom stereocenters. The third-order valence-corrected chi connectivity index (χ3v) is 3.92. The Labute approximate surface area is 119 Å². The Morgan fingerprint density at radius 3 is 2.68 bits per heavy atom. The molecule has 19 heavy (non-hydrogen) atoms. The smallest absolute Gasteiger partial charge is 0.0477 e. The van der Waals surface area contributed by atoms with Crippen molar-refractivity contribution in [3.8, 4) is 0 Å². The molecule has 0 radical (unpaired) electrons. The standard InChI is InChI=1S/C15H33N3O/c1-4-19-13-5-8-16-9-12-18(3)14-15-6-10-17(2)11-7-15/h15-16H,4-14H2,1-3H3. The van der Waals surface area contributed by atoms with Gasteiger partial charge in [0.1, 0.15) is 0 Å². The number of hydrogen-bond acceptors (Lipinski definition) is 4. The summed E-state index contributed by atoms with van der Waals surface area (Å²) in [7, 11) is 4.48. The van der Waals surface area contributed by atoms with Crippen molar-refractivity contribution in [2.75, 3.05) is 66.6 Å². The number of ether oxygens (including phenoxy) is 1. The average molecular weight is 271 g/mol. The first-order valence-corrected chi connectivity index (χ1v) is 7.88. The van der Waals surface area contributed by atoms with Crippen LogP contribution < -0.4 is 5.32 Å². The van der Waals surface area contributed by atoms with Gasteiger partial charge in [-0.2, -0.15) is 0 Å². The van der Waals surface area contributed by atoms with Crippen molar-refractivity contribution < 1.29 is 4.74 Å². The molecule has 4 nitrogen and oxygen atoms in total. The maximum Gasteiger partial charge on any atom is 0.0477 e. The third-order valence-electron chi connectivity index (χ3n) is 3.92. The summed E-state index contributed by atoms with van der Waals surface area (Å²) >= 11 is 0. The minimum atomic E-state index is 0.833. The van der Waals surface area contributed by atoms with Gasteiger partial charge in [-0.3, -0.25) is 0 Å². The van der Waals surface area contributed by atoms with Crippen LogP contribution in [-0.2, 0) is 4.74 Å². The van der Waals surface area contributed by atoms with E-state index in [9.17, 15) is 0 Å². The number of piperidine rings is 1. The van der Waals surface area contributed by atoms with Crippen molar-refractivity contribution in [1.82, 2.24) is 15.1 Å². The molecule has 0 aromatic heterocycles. The van der Waals surface area contributed by atoms with Gasteiger partial charge in [-0.1, -0.05) is 0 Å². The molecule has 0 spiro atoms. The largest absolute Gasteiger partial charge is 0.382 e. The first-order chi connectivity index (χ1) is 9.22. The molecule has 0 saturated carbocycles. The van der Waals surface area contributed by atoms with E-state index in [0.29, 0.717) is 0 Å². The Hall–Kier alpha value is -0.160. The van der Waals surface area contributed by atoms with Crippen LogP contribution >= 0.6 is 0 Å². The Balaban J connectivity index is 1.91. The second kappa shape index (κ2) is 10.6. The summed E-state index contributed by atoms with van der Waals surface area (Å²) in [6.07, 6.45) is 3.85. The summed E-state index contributed by atoms with van der Waals surface area (Å²) in [5, 5.41) is 3.49. The molecule has 0 aromatic rings. The minimum absolute atomic E-state index is 0.833. The fourth-order valence-electron chi connectivity index (χ4n) is 2.62. The zero-order chi connectivity index (χ0) is 13.9. The van der Waals surface area contributed by atoms with E-state index >= 15 is 0 Å². The number of likely N-dealkylation sites (tertiary alicyclic amines) is 1. The topological polar surface area (TPSA) is 27.7 Å². The summed E-state index contributed by atoms with van der Waals surface area (Å²) < 4.78 is 5.32. The van der Waals surface area contributed by atoms with Gasteiger partial charge in [0, 0.05) is 32.8 Å². The summed E-state index contributed by atoms with van der Waals surface area (Å²) in [6.45, 7) is 10.9. The second-order valence-corrected chi connectivity index (χ2v) is 5.81. The van der Waals surface area contributed by atoms with Crippen LogP contribution in [-0.4, -0.2) is 76.4 Å². The van der Waals surface area contributed by atoms with Gasteiger partial charge in [0.25, 0.3) is 0 Å². The maximum absolute atomic E-state index is 5.32. The monoisotopic (exact) mass is 271 g/mol. The summed E-state index contributed by atoms with van der Waals surface area (Å²) in [4.78, 5) is 4.92. The lowest BCUT2D eigenvalue weighted by molar-refractivity contribution is 0.144. The third kappa shape index (κ3) is 8.58. The molecule has 0 bridgehead atoms. The van der Waals surface area contributed by atoms with Gasteiger partial charge in [-0.15, -0.1) is 0 Å². The van der Waals surface area contributed by atoms with E-state index in [4.69, 9.17) is 4.74 Å². The zero-order valence-electron chi connectivity index (χ0n) is 13.2. The fraction of sp³-hybridized carbons (Fsp3) is 1.00. The molecule has 1 aliphatic heterocycles. The van der Waals surface area contributed by atoms with Crippen LogP contribution in [0, 0.1) is 5.92 Å². The van der Waals surface area contributed by atoms with Crippen molar-refractivity contribution in [2.45, 2.75) is 26.2 Å². The Bertz CT molecular complexity index is 206. The number of rotatable bonds is 10. The van der Waals surface area contributed by atoms with Crippen LogP contribution in [0.5, 0.6) is 0 Å². The molecule has 1 heterocycles. The molecule has 0 aliphatic carbocycles. The van der Waals surface area contributed by atoms with Gasteiger partial charge in [0.05, 0.1) is 0 Å². The molecule has 0 atom stereocenters. The molecule has 1 fully saturated rings. The van der Waals surface area contributed by atoms with E-state index in [1.54, 1.807) is 0 Å². The molecule has 0 amide bonds. The molecule has 4 heteroatoms. The maximum atomic E-state index is 5.32. The van der Waals surface area contributed by atoms with E-state index in [1.165, 1.54) is 32.5 Å². The van der Waals surface area contributed by atoms with Gasteiger partial charge in [0.2, 0.25) is 0 Å². The molecule has 0 aromatic carbocycles. The molecule has 1 N–H and O–H groups in total. The highest BCUT2D eigenvalue weighted by molar-refractivity contribution is 4.72. The van der Waals surface area contributed by atoms with Gasteiger partial charge < -0.3 is 19.9 Å². The Morgan fingerprint density at radius 1 is 1.26 bits per heavy atom. The predicted molar refractivity (Wildman–Crippen MR) is 81.7 cm³/mol. The van der Waals surface area contributed by atoms with Gasteiger partial charge in [-0.25, -0.2) is 0 Å². The van der Waals surface area contributed by atoms with E-state index in [-0.39, 0.29) is 0 Å². The van der Waals surface area contributed by atoms with Crippen molar-refractivity contribution in [2.24, 2.45) is 5.92 Å². The van der Waals surface area contributed by atoms with Crippen LogP contribution in [0.15, 0.2) is 0 Å². The molecule has 1 aliphatic rings. The van der Waals surface area contributed by atoms with E-state index in [2.05, 4.69) is 29.2 Å². The first-order valence-electron chi connectivity index (χ1n) is 7.88. The van der Waals surface area contributed by atoms with E-state index < -0.39 is 0 Å². The molecular weight excluding hydrogens is 238 g/mol. The highest BCUT2D eigenvalue weighted by Gasteiger charge is 2.17. The lowest BCUT2D eigenvalue weighted by Gasteiger charge is -2.31. The quantitative estimate of drug-likeness (QED) is 0.606. The number of likely N-dealkylation sites (N-methyl/N-ethyl adjacent to an activating group) is 1. The van der Waals surface area contributed by atoms with E-state index in [0.717, 1.165) is 45.2 Å². The zero-order valence-corrected chi connectivity index (χ0v) is 13.2. The van der Waals surface area contributed by atoms with Crippen LogP contribution in [0.1, 0.15) is 26.2 Å². The normalized spacial score (nSPS) is 18.3. The van der Waals surface area contributed by atoms with Crippen LogP contribution in [0.25, 0.3) is 0 Å². The number of nitrogens with zero attached hydrogens (tertiary/aromatic N) is 2. The van der Waals surface area contributed by atoms with Crippen molar-refractivity contribution in [1.29, 1.82) is 0 Å².